The highest BCUT2D eigenvalue weighted by atomic mass is 35.6. The lowest BCUT2D eigenvalue weighted by Gasteiger charge is -2.28. The summed E-state index contributed by atoms with van der Waals surface area (Å²) < 4.78 is -1.75. The van der Waals surface area contributed by atoms with E-state index >= 15 is 0 Å². The molecule has 0 saturated heterocycles. The van der Waals surface area contributed by atoms with Crippen molar-refractivity contribution in [2.75, 3.05) is 5.32 Å². The summed E-state index contributed by atoms with van der Waals surface area (Å²) in [5, 5.41) is 9.06. The molecule has 0 aliphatic rings. The Morgan fingerprint density at radius 2 is 1.37 bits per heavy atom. The van der Waals surface area contributed by atoms with Crippen LogP contribution < -0.4 is 16.0 Å². The number of unbranched alkanes of at least 4 members (excludes halogenated alkanes) is 12. The van der Waals surface area contributed by atoms with E-state index in [2.05, 4.69) is 28.9 Å². The molecular formula is C27H44Cl3N3OS. The van der Waals surface area contributed by atoms with Crippen molar-refractivity contribution in [2.45, 2.75) is 121 Å². The quantitative estimate of drug-likeness (QED) is 0.0765. The lowest BCUT2D eigenvalue weighted by atomic mass is 10.0. The predicted molar refractivity (Wildman–Crippen MR) is 158 cm³/mol. The van der Waals surface area contributed by atoms with Gasteiger partial charge in [-0.3, -0.25) is 4.79 Å². The van der Waals surface area contributed by atoms with E-state index in [0.717, 1.165) is 36.1 Å². The Morgan fingerprint density at radius 1 is 0.857 bits per heavy atom. The van der Waals surface area contributed by atoms with E-state index in [9.17, 15) is 4.79 Å². The average molecular weight is 565 g/mol. The third-order valence-corrected chi connectivity index (χ3v) is 6.92. The fourth-order valence-electron chi connectivity index (χ4n) is 3.98. The normalized spacial score (nSPS) is 12.3. The topological polar surface area (TPSA) is 53.2 Å². The predicted octanol–water partition coefficient (Wildman–Crippen LogP) is 8.88. The first-order chi connectivity index (χ1) is 16.6. The second-order valence-corrected chi connectivity index (χ2v) is 12.2. The van der Waals surface area contributed by atoms with E-state index in [-0.39, 0.29) is 11.0 Å². The van der Waals surface area contributed by atoms with Crippen molar-refractivity contribution in [1.29, 1.82) is 0 Å². The maximum Gasteiger partial charge on any atom is 0.228 e. The highest BCUT2D eigenvalue weighted by Gasteiger charge is 2.34. The molecule has 0 bridgehead atoms. The molecule has 1 aromatic rings. The van der Waals surface area contributed by atoms with Crippen molar-refractivity contribution in [1.82, 2.24) is 10.6 Å². The summed E-state index contributed by atoms with van der Waals surface area (Å²) in [6, 6.07) is 5.98. The van der Waals surface area contributed by atoms with Crippen LogP contribution in [0.3, 0.4) is 0 Å². The highest BCUT2D eigenvalue weighted by Crippen LogP contribution is 2.29. The van der Waals surface area contributed by atoms with Gasteiger partial charge in [0, 0.05) is 12.1 Å². The number of amides is 1. The number of carbonyl (C=O) groups is 1. The molecular weight excluding hydrogens is 521 g/mol. The van der Waals surface area contributed by atoms with Gasteiger partial charge in [-0.15, -0.1) is 0 Å². The van der Waals surface area contributed by atoms with E-state index in [4.69, 9.17) is 47.0 Å². The second-order valence-electron chi connectivity index (χ2n) is 9.45. The number of halogens is 3. The molecule has 0 unspecified atom stereocenters. The van der Waals surface area contributed by atoms with Crippen molar-refractivity contribution in [3.8, 4) is 0 Å². The Bertz CT molecular complexity index is 756. The molecule has 1 aromatic carbocycles. The molecule has 200 valence electrons. The van der Waals surface area contributed by atoms with Gasteiger partial charge in [0.15, 0.2) is 5.11 Å². The van der Waals surface area contributed by atoms with Crippen molar-refractivity contribution >= 4 is 63.7 Å². The first kappa shape index (κ1) is 32.3. The molecule has 8 heteroatoms. The minimum atomic E-state index is -1.75. The molecule has 0 aromatic heterocycles. The van der Waals surface area contributed by atoms with Crippen LogP contribution in [0.5, 0.6) is 0 Å². The van der Waals surface area contributed by atoms with E-state index < -0.39 is 9.96 Å². The van der Waals surface area contributed by atoms with Gasteiger partial charge in [-0.1, -0.05) is 136 Å². The first-order valence-electron chi connectivity index (χ1n) is 13.1. The summed E-state index contributed by atoms with van der Waals surface area (Å²) in [6.45, 7) is 6.27. The van der Waals surface area contributed by atoms with Gasteiger partial charge < -0.3 is 16.0 Å². The third kappa shape index (κ3) is 15.9. The largest absolute Gasteiger partial charge is 0.339 e. The minimum Gasteiger partial charge on any atom is -0.339 e. The van der Waals surface area contributed by atoms with Gasteiger partial charge in [0.05, 0.1) is 0 Å². The Morgan fingerprint density at radius 3 is 1.86 bits per heavy atom. The highest BCUT2D eigenvalue weighted by molar-refractivity contribution is 7.80. The summed E-state index contributed by atoms with van der Waals surface area (Å²) in [5.41, 5.74) is 3.06. The number of rotatable bonds is 17. The molecule has 3 N–H and O–H groups in total. The standard InChI is InChI=1S/C27H44Cl3N3OS/c1-4-5-6-7-8-9-10-11-12-13-14-15-16-17-24(34)32-25(27(28,29)30)33-26(35)31-23-19-18-21(2)20-22(23)3/h18-20,25H,4-17H2,1-3H3,(H,32,34)(H2,31,33,35)/t25-/m0/s1. The smallest absolute Gasteiger partial charge is 0.228 e. The zero-order valence-electron chi connectivity index (χ0n) is 21.7. The molecule has 1 amide bonds. The number of hydrogen-bond acceptors (Lipinski definition) is 2. The van der Waals surface area contributed by atoms with Crippen LogP contribution in [-0.2, 0) is 4.79 Å². The van der Waals surface area contributed by atoms with Crippen LogP contribution in [0.1, 0.15) is 108 Å². The summed E-state index contributed by atoms with van der Waals surface area (Å²) in [7, 11) is 0. The van der Waals surface area contributed by atoms with Crippen LogP contribution >= 0.6 is 47.0 Å². The number of anilines is 1. The van der Waals surface area contributed by atoms with Gasteiger partial charge >= 0.3 is 0 Å². The van der Waals surface area contributed by atoms with Crippen molar-refractivity contribution in [3.05, 3.63) is 29.3 Å². The minimum absolute atomic E-state index is 0.161. The third-order valence-electron chi connectivity index (χ3n) is 6.05. The molecule has 0 saturated carbocycles. The lowest BCUT2D eigenvalue weighted by Crippen LogP contribution is -2.56. The molecule has 35 heavy (non-hydrogen) atoms. The lowest BCUT2D eigenvalue weighted by molar-refractivity contribution is -0.122. The number of hydrogen-bond donors (Lipinski definition) is 3. The summed E-state index contributed by atoms with van der Waals surface area (Å²) in [6.07, 6.45) is 15.9. The van der Waals surface area contributed by atoms with Crippen LogP contribution in [0.25, 0.3) is 0 Å². The molecule has 1 atom stereocenters. The first-order valence-corrected chi connectivity index (χ1v) is 14.7. The zero-order chi connectivity index (χ0) is 26.1. The Kier molecular flexibility index (Phi) is 17.1. The zero-order valence-corrected chi connectivity index (χ0v) is 24.7. The van der Waals surface area contributed by atoms with Crippen molar-refractivity contribution < 1.29 is 4.79 Å². The SMILES string of the molecule is CCCCCCCCCCCCCCCC(=O)N[C@@H](NC(=S)Nc1ccc(C)cc1C)C(Cl)(Cl)Cl. The molecule has 0 aliphatic carbocycles. The molecule has 0 heterocycles. The van der Waals surface area contributed by atoms with Crippen LogP contribution in [-0.4, -0.2) is 21.0 Å². The summed E-state index contributed by atoms with van der Waals surface area (Å²) in [4.78, 5) is 12.4. The Hall–Kier alpha value is -0.750. The molecule has 4 nitrogen and oxygen atoms in total. The van der Waals surface area contributed by atoms with E-state index in [1.807, 2.05) is 26.0 Å². The Balaban J connectivity index is 2.23. The molecule has 0 spiro atoms. The van der Waals surface area contributed by atoms with Crippen molar-refractivity contribution in [2.24, 2.45) is 0 Å². The van der Waals surface area contributed by atoms with Gasteiger partial charge in [-0.2, -0.15) is 0 Å². The molecule has 0 aliphatic heterocycles. The fourth-order valence-corrected chi connectivity index (χ4v) is 4.53. The van der Waals surface area contributed by atoms with Crippen molar-refractivity contribution in [3.63, 3.8) is 0 Å². The number of nitrogens with one attached hydrogen (secondary N) is 3. The van der Waals surface area contributed by atoms with Crippen LogP contribution in [0.2, 0.25) is 0 Å². The summed E-state index contributed by atoms with van der Waals surface area (Å²) in [5.74, 6) is -0.161. The fraction of sp³-hybridized carbons (Fsp3) is 0.704. The van der Waals surface area contributed by atoms with E-state index in [1.165, 1.54) is 64.2 Å². The second kappa shape index (κ2) is 18.5. The van der Waals surface area contributed by atoms with Gasteiger partial charge in [0.25, 0.3) is 0 Å². The Labute approximate surface area is 233 Å². The number of carbonyl (C=O) groups excluding carboxylic acids is 1. The molecule has 1 rings (SSSR count). The van der Waals surface area contributed by atoms with E-state index in [0.29, 0.717) is 6.42 Å². The van der Waals surface area contributed by atoms with Crippen LogP contribution in [0.4, 0.5) is 5.69 Å². The molecule has 0 fully saturated rings. The van der Waals surface area contributed by atoms with Gasteiger partial charge in [-0.05, 0) is 44.1 Å². The van der Waals surface area contributed by atoms with Crippen LogP contribution in [0, 0.1) is 13.8 Å². The maximum atomic E-state index is 12.4. The average Bonchev–Trinajstić information content (AvgIpc) is 2.78. The number of aryl methyl sites for hydroxylation is 2. The number of alkyl halides is 3. The van der Waals surface area contributed by atoms with Gasteiger partial charge in [-0.25, -0.2) is 0 Å². The van der Waals surface area contributed by atoms with E-state index in [1.54, 1.807) is 0 Å². The van der Waals surface area contributed by atoms with Gasteiger partial charge in [0.2, 0.25) is 9.70 Å². The van der Waals surface area contributed by atoms with Gasteiger partial charge in [0.1, 0.15) is 6.17 Å². The number of thiocarbonyl (C=S) groups is 1. The molecule has 0 radical (unpaired) electrons. The van der Waals surface area contributed by atoms with Crippen LogP contribution in [0.15, 0.2) is 18.2 Å². The summed E-state index contributed by atoms with van der Waals surface area (Å²) >= 11 is 23.7. The number of benzene rings is 1. The monoisotopic (exact) mass is 563 g/mol. The maximum absolute atomic E-state index is 12.4.